The van der Waals surface area contributed by atoms with E-state index in [0.717, 1.165) is 43.6 Å². The first-order chi connectivity index (χ1) is 14.0. The zero-order chi connectivity index (χ0) is 20.5. The maximum atomic E-state index is 12.6. The van der Waals surface area contributed by atoms with Gasteiger partial charge in [-0.1, -0.05) is 29.3 Å². The fraction of sp³-hybridized carbons (Fsp3) is 0.333. The van der Waals surface area contributed by atoms with E-state index in [0.29, 0.717) is 21.1 Å². The minimum atomic E-state index is -0.422. The number of rotatable bonds is 4. The minimum absolute atomic E-state index is 0.108. The number of carbonyl (C=O) groups is 1. The summed E-state index contributed by atoms with van der Waals surface area (Å²) in [4.78, 5) is 29.5. The topological polar surface area (TPSA) is 67.3 Å². The molecule has 2 heterocycles. The number of esters is 1. The molecule has 0 atom stereocenters. The molecule has 4 rings (SSSR count). The fourth-order valence-corrected chi connectivity index (χ4v) is 4.43. The molecule has 1 aliphatic heterocycles. The molecular weight excluding hydrogens is 413 g/mol. The number of piperidine rings is 1. The van der Waals surface area contributed by atoms with Crippen LogP contribution in [-0.4, -0.2) is 40.6 Å². The Morgan fingerprint density at radius 2 is 1.93 bits per heavy atom. The van der Waals surface area contributed by atoms with E-state index >= 15 is 0 Å². The standard InChI is InChI=1S/C21H21Cl2N3O3/c1-29-20(27)13-3-5-19-18(10-13)24-21(28)26(19)16-6-8-25(9-7-16)12-14-2-4-15(22)11-17(14)23/h2-5,10-11,16H,6-9,12H2,1H3,(H,24,28). The largest absolute Gasteiger partial charge is 0.465 e. The summed E-state index contributed by atoms with van der Waals surface area (Å²) in [5.41, 5.74) is 2.77. The maximum Gasteiger partial charge on any atom is 0.337 e. The lowest BCUT2D eigenvalue weighted by Crippen LogP contribution is -2.36. The molecule has 29 heavy (non-hydrogen) atoms. The van der Waals surface area contributed by atoms with Crippen LogP contribution >= 0.6 is 23.2 Å². The first-order valence-electron chi connectivity index (χ1n) is 9.45. The summed E-state index contributed by atoms with van der Waals surface area (Å²) in [6.07, 6.45) is 1.72. The Kier molecular flexibility index (Phi) is 5.67. The van der Waals surface area contributed by atoms with Crippen molar-refractivity contribution in [1.82, 2.24) is 14.5 Å². The lowest BCUT2D eigenvalue weighted by molar-refractivity contribution is 0.0601. The highest BCUT2D eigenvalue weighted by atomic mass is 35.5. The molecule has 0 aliphatic carbocycles. The third-order valence-corrected chi connectivity index (χ3v) is 6.06. The Balaban J connectivity index is 1.49. The predicted molar refractivity (Wildman–Crippen MR) is 114 cm³/mol. The van der Waals surface area contributed by atoms with E-state index in [2.05, 4.69) is 9.88 Å². The van der Waals surface area contributed by atoms with Gasteiger partial charge in [0.05, 0.1) is 23.7 Å². The second kappa shape index (κ2) is 8.22. The SMILES string of the molecule is COC(=O)c1ccc2c(c1)[nH]c(=O)n2C1CCN(Cc2ccc(Cl)cc2Cl)CC1. The Morgan fingerprint density at radius 3 is 2.62 bits per heavy atom. The predicted octanol–water partition coefficient (Wildman–Crippen LogP) is 4.26. The van der Waals surface area contributed by atoms with E-state index in [1.165, 1.54) is 7.11 Å². The Bertz CT molecular complexity index is 1110. The Hall–Kier alpha value is -2.28. The molecule has 0 saturated carbocycles. The van der Waals surface area contributed by atoms with Crippen LogP contribution in [0, 0.1) is 0 Å². The Morgan fingerprint density at radius 1 is 1.17 bits per heavy atom. The van der Waals surface area contributed by atoms with Gasteiger partial charge in [-0.25, -0.2) is 9.59 Å². The van der Waals surface area contributed by atoms with Crippen molar-refractivity contribution >= 4 is 40.2 Å². The van der Waals surface area contributed by atoms with Gasteiger partial charge in [0, 0.05) is 35.7 Å². The van der Waals surface area contributed by atoms with Crippen LogP contribution < -0.4 is 5.69 Å². The molecule has 1 fully saturated rings. The fourth-order valence-electron chi connectivity index (χ4n) is 3.96. The molecule has 3 aromatic rings. The second-order valence-electron chi connectivity index (χ2n) is 7.27. The molecule has 1 aromatic heterocycles. The van der Waals surface area contributed by atoms with Gasteiger partial charge < -0.3 is 9.72 Å². The number of carbonyl (C=O) groups excluding carboxylic acids is 1. The van der Waals surface area contributed by atoms with Crippen molar-refractivity contribution in [3.63, 3.8) is 0 Å². The van der Waals surface area contributed by atoms with E-state index in [1.807, 2.05) is 16.7 Å². The molecule has 8 heteroatoms. The van der Waals surface area contributed by atoms with Crippen molar-refractivity contribution in [3.05, 3.63) is 68.1 Å². The maximum absolute atomic E-state index is 12.6. The van der Waals surface area contributed by atoms with Gasteiger partial charge in [0.1, 0.15) is 0 Å². The summed E-state index contributed by atoms with van der Waals surface area (Å²) in [5, 5.41) is 1.31. The molecule has 1 aliphatic rings. The monoisotopic (exact) mass is 433 g/mol. The number of imidazole rings is 1. The highest BCUT2D eigenvalue weighted by Crippen LogP contribution is 2.28. The average Bonchev–Trinajstić information content (AvgIpc) is 3.05. The average molecular weight is 434 g/mol. The lowest BCUT2D eigenvalue weighted by Gasteiger charge is -2.32. The summed E-state index contributed by atoms with van der Waals surface area (Å²) in [6, 6.07) is 10.8. The minimum Gasteiger partial charge on any atom is -0.465 e. The molecule has 0 amide bonds. The van der Waals surface area contributed by atoms with Crippen LogP contribution in [0.15, 0.2) is 41.2 Å². The summed E-state index contributed by atoms with van der Waals surface area (Å²) in [6.45, 7) is 2.49. The van der Waals surface area contributed by atoms with Gasteiger partial charge in [-0.3, -0.25) is 9.47 Å². The molecule has 1 saturated heterocycles. The third kappa shape index (κ3) is 4.06. The van der Waals surface area contributed by atoms with Gasteiger partial charge in [-0.2, -0.15) is 0 Å². The lowest BCUT2D eigenvalue weighted by atomic mass is 10.0. The van der Waals surface area contributed by atoms with Crippen molar-refractivity contribution in [2.24, 2.45) is 0 Å². The normalized spacial score (nSPS) is 15.7. The van der Waals surface area contributed by atoms with E-state index in [-0.39, 0.29) is 11.7 Å². The number of benzene rings is 2. The van der Waals surface area contributed by atoms with Crippen molar-refractivity contribution in [2.45, 2.75) is 25.4 Å². The zero-order valence-electron chi connectivity index (χ0n) is 16.0. The van der Waals surface area contributed by atoms with Gasteiger partial charge in [-0.05, 0) is 48.7 Å². The highest BCUT2D eigenvalue weighted by Gasteiger charge is 2.24. The van der Waals surface area contributed by atoms with Crippen molar-refractivity contribution in [1.29, 1.82) is 0 Å². The van der Waals surface area contributed by atoms with E-state index in [9.17, 15) is 9.59 Å². The van der Waals surface area contributed by atoms with Crippen LogP contribution in [0.4, 0.5) is 0 Å². The van der Waals surface area contributed by atoms with Crippen LogP contribution in [0.1, 0.15) is 34.8 Å². The number of nitrogens with one attached hydrogen (secondary N) is 1. The smallest absolute Gasteiger partial charge is 0.337 e. The number of hydrogen-bond acceptors (Lipinski definition) is 4. The van der Waals surface area contributed by atoms with Gasteiger partial charge in [-0.15, -0.1) is 0 Å². The quantitative estimate of drug-likeness (QED) is 0.624. The van der Waals surface area contributed by atoms with Gasteiger partial charge in [0.2, 0.25) is 0 Å². The Labute approximate surface area is 178 Å². The number of nitrogens with zero attached hydrogens (tertiary/aromatic N) is 2. The first kappa shape index (κ1) is 20.0. The molecule has 152 valence electrons. The number of hydrogen-bond donors (Lipinski definition) is 1. The number of aromatic amines is 1. The van der Waals surface area contributed by atoms with E-state index in [4.69, 9.17) is 27.9 Å². The summed E-state index contributed by atoms with van der Waals surface area (Å²) in [7, 11) is 1.34. The number of methoxy groups -OCH3 is 1. The van der Waals surface area contributed by atoms with Crippen molar-refractivity contribution in [3.8, 4) is 0 Å². The molecule has 0 spiro atoms. The van der Waals surface area contributed by atoms with Crippen LogP contribution in [-0.2, 0) is 11.3 Å². The van der Waals surface area contributed by atoms with Crippen LogP contribution in [0.5, 0.6) is 0 Å². The number of fused-ring (bicyclic) bond motifs is 1. The molecule has 0 unspecified atom stereocenters. The van der Waals surface area contributed by atoms with Gasteiger partial charge in [0.25, 0.3) is 0 Å². The highest BCUT2D eigenvalue weighted by molar-refractivity contribution is 6.35. The number of halogens is 2. The van der Waals surface area contributed by atoms with Crippen LogP contribution in [0.3, 0.4) is 0 Å². The van der Waals surface area contributed by atoms with Crippen LogP contribution in [0.2, 0.25) is 10.0 Å². The molecule has 6 nitrogen and oxygen atoms in total. The van der Waals surface area contributed by atoms with E-state index in [1.54, 1.807) is 24.3 Å². The van der Waals surface area contributed by atoms with Crippen molar-refractivity contribution in [2.75, 3.05) is 20.2 Å². The van der Waals surface area contributed by atoms with E-state index < -0.39 is 5.97 Å². The zero-order valence-corrected chi connectivity index (χ0v) is 17.5. The van der Waals surface area contributed by atoms with Crippen LogP contribution in [0.25, 0.3) is 11.0 Å². The third-order valence-electron chi connectivity index (χ3n) is 5.47. The van der Waals surface area contributed by atoms with Crippen molar-refractivity contribution < 1.29 is 9.53 Å². The first-order valence-corrected chi connectivity index (χ1v) is 10.2. The number of ether oxygens (including phenoxy) is 1. The summed E-state index contributed by atoms with van der Waals surface area (Å²) in [5.74, 6) is -0.422. The molecule has 2 aromatic carbocycles. The number of H-pyrrole nitrogens is 1. The molecule has 0 radical (unpaired) electrons. The molecule has 0 bridgehead atoms. The second-order valence-corrected chi connectivity index (χ2v) is 8.11. The summed E-state index contributed by atoms with van der Waals surface area (Å²) >= 11 is 12.3. The number of likely N-dealkylation sites (tertiary alicyclic amines) is 1. The van der Waals surface area contributed by atoms with Gasteiger partial charge >= 0.3 is 11.7 Å². The summed E-state index contributed by atoms with van der Waals surface area (Å²) < 4.78 is 6.56. The molecule has 1 N–H and O–H groups in total. The van der Waals surface area contributed by atoms with Gasteiger partial charge in [0.15, 0.2) is 0 Å². The molecular formula is C21H21Cl2N3O3. The number of aromatic nitrogens is 2.